The second-order valence-corrected chi connectivity index (χ2v) is 7.60. The highest BCUT2D eigenvalue weighted by atomic mass is 35.5. The summed E-state index contributed by atoms with van der Waals surface area (Å²) >= 11 is 6.05. The molecule has 27 heavy (non-hydrogen) atoms. The first-order valence-electron chi connectivity index (χ1n) is 8.87. The topological polar surface area (TPSA) is 75.5 Å². The minimum atomic E-state index is -0.526. The van der Waals surface area contributed by atoms with Crippen molar-refractivity contribution in [3.8, 4) is 0 Å². The van der Waals surface area contributed by atoms with Crippen LogP contribution >= 0.6 is 11.6 Å². The van der Waals surface area contributed by atoms with Gasteiger partial charge in [0.25, 0.3) is 0 Å². The van der Waals surface area contributed by atoms with Crippen molar-refractivity contribution in [3.05, 3.63) is 35.7 Å². The van der Waals surface area contributed by atoms with Crippen LogP contribution in [0, 0.1) is 0 Å². The number of allylic oxidation sites excluding steroid dienone is 2. The summed E-state index contributed by atoms with van der Waals surface area (Å²) in [4.78, 5) is 22.6. The van der Waals surface area contributed by atoms with Crippen LogP contribution in [0.1, 0.15) is 27.7 Å². The van der Waals surface area contributed by atoms with E-state index >= 15 is 0 Å². The van der Waals surface area contributed by atoms with Gasteiger partial charge in [0, 0.05) is 19.3 Å². The van der Waals surface area contributed by atoms with Gasteiger partial charge in [0.2, 0.25) is 0 Å². The van der Waals surface area contributed by atoms with Crippen LogP contribution in [0.2, 0.25) is 0 Å². The standard InChI is InChI=1S/C19H27ClN4O3/c1-6-7-21-16-13(2)10-15(20)23-17(16)22-11-14-12-24(8-9-26-14)18(25)27-19(3,4)5/h6-7,10,14H,2,8-9,11-12H2,1,3-5H3,(H,22,23)/b7-6-,21-16+/t14-/m1/s1. The number of hydrogen-bond donors (Lipinski definition) is 1. The Balaban J connectivity index is 1.99. The zero-order chi connectivity index (χ0) is 20.0. The van der Waals surface area contributed by atoms with Gasteiger partial charge in [-0.2, -0.15) is 0 Å². The lowest BCUT2D eigenvalue weighted by Crippen LogP contribution is -2.51. The molecule has 0 unspecified atom stereocenters. The van der Waals surface area contributed by atoms with Crippen molar-refractivity contribution in [2.45, 2.75) is 39.4 Å². The van der Waals surface area contributed by atoms with Gasteiger partial charge in [-0.3, -0.25) is 4.99 Å². The molecular weight excluding hydrogens is 368 g/mol. The molecule has 2 aliphatic heterocycles. The fraction of sp³-hybridized carbons (Fsp3) is 0.526. The fourth-order valence-electron chi connectivity index (χ4n) is 2.52. The van der Waals surface area contributed by atoms with Crippen molar-refractivity contribution in [2.24, 2.45) is 9.98 Å². The normalized spacial score (nSPS) is 22.7. The lowest BCUT2D eigenvalue weighted by Gasteiger charge is -2.34. The number of carbonyl (C=O) groups excluding carboxylic acids is 1. The number of morpholine rings is 1. The quantitative estimate of drug-likeness (QED) is 0.745. The molecule has 0 spiro atoms. The van der Waals surface area contributed by atoms with Gasteiger partial charge in [0.1, 0.15) is 16.5 Å². The Hall–Kier alpha value is -2.12. The predicted octanol–water partition coefficient (Wildman–Crippen LogP) is 3.24. The van der Waals surface area contributed by atoms with E-state index in [-0.39, 0.29) is 12.2 Å². The zero-order valence-electron chi connectivity index (χ0n) is 16.3. The van der Waals surface area contributed by atoms with Gasteiger partial charge in [-0.1, -0.05) is 24.3 Å². The van der Waals surface area contributed by atoms with Gasteiger partial charge in [0.15, 0.2) is 5.84 Å². The van der Waals surface area contributed by atoms with Gasteiger partial charge in [-0.15, -0.1) is 0 Å². The molecule has 1 atom stereocenters. The number of ether oxygens (including phenoxy) is 2. The Morgan fingerprint density at radius 3 is 3.00 bits per heavy atom. The number of nitrogens with zero attached hydrogens (tertiary/aromatic N) is 3. The third kappa shape index (κ3) is 6.52. The maximum absolute atomic E-state index is 12.3. The monoisotopic (exact) mass is 394 g/mol. The molecule has 0 aromatic rings. The molecule has 148 valence electrons. The molecule has 0 bridgehead atoms. The molecule has 1 fully saturated rings. The number of carbonyl (C=O) groups is 1. The van der Waals surface area contributed by atoms with E-state index in [1.165, 1.54) is 0 Å². The molecule has 1 amide bonds. The highest BCUT2D eigenvalue weighted by Crippen LogP contribution is 2.17. The van der Waals surface area contributed by atoms with E-state index in [9.17, 15) is 4.79 Å². The molecule has 1 N–H and O–H groups in total. The lowest BCUT2D eigenvalue weighted by atomic mass is 10.1. The lowest BCUT2D eigenvalue weighted by molar-refractivity contribution is -0.0397. The van der Waals surface area contributed by atoms with Crippen LogP contribution in [0.25, 0.3) is 0 Å². The molecule has 0 radical (unpaired) electrons. The summed E-state index contributed by atoms with van der Waals surface area (Å²) in [6.45, 7) is 13.2. The molecule has 0 saturated carbocycles. The van der Waals surface area contributed by atoms with Crippen LogP contribution in [0.4, 0.5) is 4.79 Å². The van der Waals surface area contributed by atoms with Gasteiger partial charge < -0.3 is 19.7 Å². The Morgan fingerprint density at radius 2 is 2.33 bits per heavy atom. The fourth-order valence-corrected chi connectivity index (χ4v) is 2.73. The molecule has 2 rings (SSSR count). The molecule has 0 aromatic carbocycles. The largest absolute Gasteiger partial charge is 0.444 e. The first kappa shape index (κ1) is 21.2. The molecule has 8 heteroatoms. The molecule has 1 saturated heterocycles. The van der Waals surface area contributed by atoms with E-state index in [1.54, 1.807) is 17.2 Å². The van der Waals surface area contributed by atoms with E-state index in [1.807, 2.05) is 33.8 Å². The number of nitrogens with one attached hydrogen (secondary N) is 1. The maximum atomic E-state index is 12.3. The molecule has 7 nitrogen and oxygen atoms in total. The van der Waals surface area contributed by atoms with E-state index in [0.717, 1.165) is 0 Å². The number of hydrogen-bond acceptors (Lipinski definition) is 6. The molecule has 0 aromatic heterocycles. The number of amides is 1. The van der Waals surface area contributed by atoms with E-state index < -0.39 is 5.60 Å². The first-order chi connectivity index (χ1) is 12.7. The van der Waals surface area contributed by atoms with Crippen LogP contribution in [0.5, 0.6) is 0 Å². The third-order valence-electron chi connectivity index (χ3n) is 3.68. The van der Waals surface area contributed by atoms with Crippen molar-refractivity contribution in [1.29, 1.82) is 0 Å². The Labute approximate surface area is 165 Å². The van der Waals surface area contributed by atoms with Crippen LogP contribution in [-0.4, -0.2) is 60.5 Å². The van der Waals surface area contributed by atoms with Crippen molar-refractivity contribution in [2.75, 3.05) is 26.2 Å². The number of amidine groups is 1. The van der Waals surface area contributed by atoms with E-state index in [4.69, 9.17) is 21.1 Å². The summed E-state index contributed by atoms with van der Waals surface area (Å²) in [7, 11) is 0. The van der Waals surface area contributed by atoms with Gasteiger partial charge >= 0.3 is 6.09 Å². The van der Waals surface area contributed by atoms with Crippen LogP contribution in [0.15, 0.2) is 45.6 Å². The Morgan fingerprint density at radius 1 is 1.59 bits per heavy atom. The van der Waals surface area contributed by atoms with Crippen LogP contribution in [0.3, 0.4) is 0 Å². The molecule has 0 aliphatic carbocycles. The molecule has 2 heterocycles. The van der Waals surface area contributed by atoms with Gasteiger partial charge in [-0.05, 0) is 39.3 Å². The van der Waals surface area contributed by atoms with Gasteiger partial charge in [0.05, 0.1) is 19.3 Å². The highest BCUT2D eigenvalue weighted by molar-refractivity contribution is 6.50. The van der Waals surface area contributed by atoms with Crippen molar-refractivity contribution < 1.29 is 14.3 Å². The van der Waals surface area contributed by atoms with E-state index in [2.05, 4.69) is 21.9 Å². The van der Waals surface area contributed by atoms with Crippen LogP contribution in [-0.2, 0) is 9.47 Å². The average molecular weight is 395 g/mol. The minimum Gasteiger partial charge on any atom is -0.444 e. The van der Waals surface area contributed by atoms with Crippen molar-refractivity contribution in [1.82, 2.24) is 10.2 Å². The second-order valence-electron chi connectivity index (χ2n) is 7.21. The predicted molar refractivity (Wildman–Crippen MR) is 108 cm³/mol. The summed E-state index contributed by atoms with van der Waals surface area (Å²) in [5, 5.41) is 3.55. The summed E-state index contributed by atoms with van der Waals surface area (Å²) in [5.74, 6) is 0.531. The molecule has 2 aliphatic rings. The Kier molecular flexibility index (Phi) is 7.21. The maximum Gasteiger partial charge on any atom is 0.410 e. The summed E-state index contributed by atoms with van der Waals surface area (Å²) in [6.07, 6.45) is 4.62. The number of rotatable bonds is 3. The summed E-state index contributed by atoms with van der Waals surface area (Å²) < 4.78 is 11.2. The van der Waals surface area contributed by atoms with Crippen molar-refractivity contribution in [3.63, 3.8) is 0 Å². The minimum absolute atomic E-state index is 0.199. The number of aliphatic imine (C=N–C) groups is 2. The summed E-state index contributed by atoms with van der Waals surface area (Å²) in [6, 6.07) is 0. The summed E-state index contributed by atoms with van der Waals surface area (Å²) in [5.41, 5.74) is 0.773. The van der Waals surface area contributed by atoms with Gasteiger partial charge in [-0.25, -0.2) is 9.79 Å². The third-order valence-corrected chi connectivity index (χ3v) is 3.87. The molecular formula is C19H27ClN4O3. The Bertz CT molecular complexity index is 704. The zero-order valence-corrected chi connectivity index (χ0v) is 17.0. The van der Waals surface area contributed by atoms with E-state index in [0.29, 0.717) is 48.5 Å². The smallest absolute Gasteiger partial charge is 0.410 e. The first-order valence-corrected chi connectivity index (χ1v) is 9.25. The van der Waals surface area contributed by atoms with Crippen LogP contribution < -0.4 is 5.32 Å². The number of halogens is 1. The van der Waals surface area contributed by atoms with Crippen molar-refractivity contribution >= 4 is 29.2 Å². The highest BCUT2D eigenvalue weighted by Gasteiger charge is 2.28. The average Bonchev–Trinajstić information content (AvgIpc) is 2.57. The SMILES string of the molecule is C=C1C=C(Cl)N=C(NC[C@@H]2CN(C(=O)OC(C)(C)C)CCO2)/C1=N/C=C\C. The second kappa shape index (κ2) is 9.19.